The summed E-state index contributed by atoms with van der Waals surface area (Å²) in [5.74, 6) is -0.197. The Hall–Kier alpha value is -2.14. The molecule has 20 heavy (non-hydrogen) atoms. The first-order chi connectivity index (χ1) is 9.74. The standard InChI is InChI=1S/C15H14BrN3O/c16-13-7-4-8-14(9-13)17-11-15(20)19-18-10-12-5-2-1-3-6-12/h1-10,17H,11H2,(H,19,20). The monoisotopic (exact) mass is 331 g/mol. The van der Waals surface area contributed by atoms with Crippen LogP contribution in [0.25, 0.3) is 0 Å². The predicted octanol–water partition coefficient (Wildman–Crippen LogP) is 3.01. The van der Waals surface area contributed by atoms with E-state index in [1.54, 1.807) is 6.21 Å². The van der Waals surface area contributed by atoms with E-state index in [1.165, 1.54) is 0 Å². The topological polar surface area (TPSA) is 53.5 Å². The largest absolute Gasteiger partial charge is 0.376 e. The number of carbonyl (C=O) groups excluding carboxylic acids is 1. The highest BCUT2D eigenvalue weighted by Gasteiger charge is 1.99. The third-order valence-corrected chi connectivity index (χ3v) is 2.97. The van der Waals surface area contributed by atoms with E-state index in [0.717, 1.165) is 15.7 Å². The van der Waals surface area contributed by atoms with Crippen molar-refractivity contribution in [3.8, 4) is 0 Å². The zero-order chi connectivity index (χ0) is 14.2. The van der Waals surface area contributed by atoms with E-state index in [9.17, 15) is 4.79 Å². The van der Waals surface area contributed by atoms with Gasteiger partial charge in [0.1, 0.15) is 0 Å². The van der Waals surface area contributed by atoms with Crippen LogP contribution >= 0.6 is 15.9 Å². The molecule has 0 aliphatic heterocycles. The Morgan fingerprint density at radius 2 is 1.95 bits per heavy atom. The molecule has 0 unspecified atom stereocenters. The Bertz CT molecular complexity index is 599. The second-order valence-electron chi connectivity index (χ2n) is 4.07. The van der Waals surface area contributed by atoms with E-state index < -0.39 is 0 Å². The van der Waals surface area contributed by atoms with Gasteiger partial charge in [-0.05, 0) is 23.8 Å². The zero-order valence-electron chi connectivity index (χ0n) is 10.7. The molecular formula is C15H14BrN3O. The molecule has 0 fully saturated rings. The SMILES string of the molecule is O=C(CNc1cccc(Br)c1)NN=Cc1ccccc1. The van der Waals surface area contributed by atoms with Gasteiger partial charge in [0.05, 0.1) is 12.8 Å². The van der Waals surface area contributed by atoms with Crippen LogP contribution in [-0.2, 0) is 4.79 Å². The first-order valence-electron chi connectivity index (χ1n) is 6.10. The van der Waals surface area contributed by atoms with Crippen LogP contribution in [0.1, 0.15) is 5.56 Å². The molecule has 1 amide bonds. The summed E-state index contributed by atoms with van der Waals surface area (Å²) in [6.07, 6.45) is 1.61. The molecule has 5 heteroatoms. The zero-order valence-corrected chi connectivity index (χ0v) is 12.3. The van der Waals surface area contributed by atoms with Crippen molar-refractivity contribution in [3.05, 3.63) is 64.6 Å². The first kappa shape index (κ1) is 14.3. The van der Waals surface area contributed by atoms with Crippen LogP contribution in [0.5, 0.6) is 0 Å². The van der Waals surface area contributed by atoms with Gasteiger partial charge in [0.2, 0.25) is 0 Å². The fourth-order valence-electron chi connectivity index (χ4n) is 1.54. The quantitative estimate of drug-likeness (QED) is 0.653. The number of anilines is 1. The molecule has 2 N–H and O–H groups in total. The number of nitrogens with zero attached hydrogens (tertiary/aromatic N) is 1. The van der Waals surface area contributed by atoms with E-state index >= 15 is 0 Å². The summed E-state index contributed by atoms with van der Waals surface area (Å²) in [7, 11) is 0. The second kappa shape index (κ2) is 7.45. The van der Waals surface area contributed by atoms with Gasteiger partial charge in [0.15, 0.2) is 0 Å². The second-order valence-corrected chi connectivity index (χ2v) is 4.98. The fraction of sp³-hybridized carbons (Fsp3) is 0.0667. The van der Waals surface area contributed by atoms with Gasteiger partial charge in [-0.2, -0.15) is 5.10 Å². The molecule has 0 aromatic heterocycles. The van der Waals surface area contributed by atoms with Crippen molar-refractivity contribution in [2.24, 2.45) is 5.10 Å². The molecule has 0 spiro atoms. The molecule has 0 bridgehead atoms. The lowest BCUT2D eigenvalue weighted by atomic mass is 10.2. The van der Waals surface area contributed by atoms with E-state index in [0.29, 0.717) is 0 Å². The molecule has 0 radical (unpaired) electrons. The van der Waals surface area contributed by atoms with Crippen LogP contribution in [0, 0.1) is 0 Å². The Labute approximate surface area is 126 Å². The highest BCUT2D eigenvalue weighted by Crippen LogP contribution is 2.15. The minimum Gasteiger partial charge on any atom is -0.376 e. The Morgan fingerprint density at radius 1 is 1.15 bits per heavy atom. The Morgan fingerprint density at radius 3 is 2.70 bits per heavy atom. The summed E-state index contributed by atoms with van der Waals surface area (Å²) in [5, 5.41) is 6.92. The van der Waals surface area contributed by atoms with Crippen LogP contribution in [0.2, 0.25) is 0 Å². The normalized spacial score (nSPS) is 10.4. The molecule has 2 aromatic carbocycles. The van der Waals surface area contributed by atoms with Crippen molar-refractivity contribution in [1.29, 1.82) is 0 Å². The van der Waals surface area contributed by atoms with E-state index in [4.69, 9.17) is 0 Å². The molecule has 2 rings (SSSR count). The number of hydrogen-bond donors (Lipinski definition) is 2. The average molecular weight is 332 g/mol. The average Bonchev–Trinajstić information content (AvgIpc) is 2.46. The van der Waals surface area contributed by atoms with Crippen LogP contribution in [0.4, 0.5) is 5.69 Å². The van der Waals surface area contributed by atoms with E-state index in [2.05, 4.69) is 31.8 Å². The molecule has 0 heterocycles. The lowest BCUT2D eigenvalue weighted by molar-refractivity contribution is -0.119. The third kappa shape index (κ3) is 4.85. The van der Waals surface area contributed by atoms with Gasteiger partial charge >= 0.3 is 0 Å². The van der Waals surface area contributed by atoms with Crippen LogP contribution in [-0.4, -0.2) is 18.7 Å². The molecule has 0 aliphatic rings. The van der Waals surface area contributed by atoms with Crippen LogP contribution < -0.4 is 10.7 Å². The van der Waals surface area contributed by atoms with Gasteiger partial charge in [-0.25, -0.2) is 5.43 Å². The summed E-state index contributed by atoms with van der Waals surface area (Å²) in [6, 6.07) is 17.2. The van der Waals surface area contributed by atoms with Crippen LogP contribution in [0.15, 0.2) is 64.2 Å². The van der Waals surface area contributed by atoms with Crippen molar-refractivity contribution in [1.82, 2.24) is 5.43 Å². The molecule has 0 aliphatic carbocycles. The summed E-state index contributed by atoms with van der Waals surface area (Å²) in [4.78, 5) is 11.6. The fourth-order valence-corrected chi connectivity index (χ4v) is 1.94. The van der Waals surface area contributed by atoms with Crippen molar-refractivity contribution in [2.75, 3.05) is 11.9 Å². The lowest BCUT2D eigenvalue weighted by Gasteiger charge is -2.05. The third-order valence-electron chi connectivity index (χ3n) is 2.48. The summed E-state index contributed by atoms with van der Waals surface area (Å²) < 4.78 is 0.963. The van der Waals surface area contributed by atoms with Crippen molar-refractivity contribution < 1.29 is 4.79 Å². The smallest absolute Gasteiger partial charge is 0.259 e. The van der Waals surface area contributed by atoms with Crippen molar-refractivity contribution >= 4 is 33.7 Å². The molecule has 0 saturated carbocycles. The summed E-state index contributed by atoms with van der Waals surface area (Å²) >= 11 is 3.37. The molecule has 4 nitrogen and oxygen atoms in total. The lowest BCUT2D eigenvalue weighted by Crippen LogP contribution is -2.25. The van der Waals surface area contributed by atoms with E-state index in [1.807, 2.05) is 54.6 Å². The minimum absolute atomic E-state index is 0.169. The van der Waals surface area contributed by atoms with Gasteiger partial charge < -0.3 is 5.32 Å². The maximum Gasteiger partial charge on any atom is 0.259 e. The number of hydrazone groups is 1. The Kier molecular flexibility index (Phi) is 5.32. The van der Waals surface area contributed by atoms with Crippen LogP contribution in [0.3, 0.4) is 0 Å². The van der Waals surface area contributed by atoms with Crippen molar-refractivity contribution in [3.63, 3.8) is 0 Å². The maximum atomic E-state index is 11.6. The number of rotatable bonds is 5. The minimum atomic E-state index is -0.197. The summed E-state index contributed by atoms with van der Waals surface area (Å²) in [6.45, 7) is 0.169. The van der Waals surface area contributed by atoms with Gasteiger partial charge in [0.25, 0.3) is 5.91 Å². The molecule has 2 aromatic rings. The first-order valence-corrected chi connectivity index (χ1v) is 6.90. The molecule has 0 saturated heterocycles. The number of halogens is 1. The van der Waals surface area contributed by atoms with Crippen molar-refractivity contribution in [2.45, 2.75) is 0 Å². The van der Waals surface area contributed by atoms with Gasteiger partial charge in [-0.1, -0.05) is 52.3 Å². The predicted molar refractivity (Wildman–Crippen MR) is 84.8 cm³/mol. The van der Waals surface area contributed by atoms with Gasteiger partial charge in [0, 0.05) is 10.2 Å². The summed E-state index contributed by atoms with van der Waals surface area (Å²) in [5.41, 5.74) is 4.29. The van der Waals surface area contributed by atoms with Gasteiger partial charge in [-0.3, -0.25) is 4.79 Å². The molecular weight excluding hydrogens is 318 g/mol. The van der Waals surface area contributed by atoms with Gasteiger partial charge in [-0.15, -0.1) is 0 Å². The number of amides is 1. The number of hydrogen-bond acceptors (Lipinski definition) is 3. The molecule has 102 valence electrons. The number of benzene rings is 2. The maximum absolute atomic E-state index is 11.6. The molecule has 0 atom stereocenters. The van der Waals surface area contributed by atoms with E-state index in [-0.39, 0.29) is 12.5 Å². The highest BCUT2D eigenvalue weighted by atomic mass is 79.9. The highest BCUT2D eigenvalue weighted by molar-refractivity contribution is 9.10. The number of nitrogens with one attached hydrogen (secondary N) is 2. The number of carbonyl (C=O) groups is 1. The Balaban J connectivity index is 1.77.